The maximum absolute atomic E-state index is 3.52. The summed E-state index contributed by atoms with van der Waals surface area (Å²) in [6.45, 7) is 9.32. The van der Waals surface area contributed by atoms with Crippen molar-refractivity contribution in [3.05, 3.63) is 35.4 Å². The number of rotatable bonds is 3. The van der Waals surface area contributed by atoms with Crippen molar-refractivity contribution in [2.75, 3.05) is 14.1 Å². The smallest absolute Gasteiger partial charge is 0.0481 e. The minimum atomic E-state index is 0.307. The van der Waals surface area contributed by atoms with Gasteiger partial charge in [0.25, 0.3) is 0 Å². The summed E-state index contributed by atoms with van der Waals surface area (Å²) < 4.78 is 0. The van der Waals surface area contributed by atoms with Crippen LogP contribution in [0.25, 0.3) is 0 Å². The third-order valence-corrected chi connectivity index (χ3v) is 4.90. The molecule has 3 unspecified atom stereocenters. The molecule has 1 aliphatic carbocycles. The van der Waals surface area contributed by atoms with Crippen molar-refractivity contribution in [3.8, 4) is 0 Å². The molecule has 19 heavy (non-hydrogen) atoms. The third kappa shape index (κ3) is 2.70. The molecule has 106 valence electrons. The summed E-state index contributed by atoms with van der Waals surface area (Å²) in [5.74, 6) is 0. The molecule has 0 aliphatic heterocycles. The average molecular weight is 260 g/mol. The second kappa shape index (κ2) is 5.26. The lowest BCUT2D eigenvalue weighted by molar-refractivity contribution is 0.0844. The van der Waals surface area contributed by atoms with Gasteiger partial charge in [-0.05, 0) is 44.0 Å². The Kier molecular flexibility index (Phi) is 4.03. The van der Waals surface area contributed by atoms with E-state index in [0.29, 0.717) is 23.5 Å². The maximum atomic E-state index is 3.52. The third-order valence-electron chi connectivity index (χ3n) is 4.90. The van der Waals surface area contributed by atoms with Gasteiger partial charge in [-0.25, -0.2) is 0 Å². The molecule has 0 saturated heterocycles. The highest BCUT2D eigenvalue weighted by Crippen LogP contribution is 2.36. The second-order valence-electron chi connectivity index (χ2n) is 6.94. The van der Waals surface area contributed by atoms with Crippen LogP contribution in [0.5, 0.6) is 0 Å². The largest absolute Gasteiger partial charge is 0.312 e. The van der Waals surface area contributed by atoms with Gasteiger partial charge in [-0.15, -0.1) is 0 Å². The zero-order valence-electron chi connectivity index (χ0n) is 13.2. The molecule has 0 fully saturated rings. The van der Waals surface area contributed by atoms with E-state index in [1.165, 1.54) is 11.1 Å². The van der Waals surface area contributed by atoms with Crippen LogP contribution in [0, 0.1) is 5.41 Å². The van der Waals surface area contributed by atoms with E-state index in [1.807, 2.05) is 0 Å². The minimum absolute atomic E-state index is 0.307. The highest BCUT2D eigenvalue weighted by molar-refractivity contribution is 5.37. The van der Waals surface area contributed by atoms with Crippen LogP contribution in [0.1, 0.15) is 44.9 Å². The number of fused-ring (bicyclic) bond motifs is 1. The molecule has 0 amide bonds. The Balaban J connectivity index is 2.23. The first-order valence-corrected chi connectivity index (χ1v) is 7.33. The van der Waals surface area contributed by atoms with Crippen molar-refractivity contribution in [1.82, 2.24) is 10.2 Å². The summed E-state index contributed by atoms with van der Waals surface area (Å²) in [5, 5.41) is 3.52. The van der Waals surface area contributed by atoms with Gasteiger partial charge in [-0.1, -0.05) is 45.0 Å². The Morgan fingerprint density at radius 1 is 1.26 bits per heavy atom. The minimum Gasteiger partial charge on any atom is -0.312 e. The maximum Gasteiger partial charge on any atom is 0.0481 e. The summed E-state index contributed by atoms with van der Waals surface area (Å²) in [6, 6.07) is 10.4. The van der Waals surface area contributed by atoms with Gasteiger partial charge in [0.1, 0.15) is 0 Å². The first-order valence-electron chi connectivity index (χ1n) is 7.33. The molecule has 2 nitrogen and oxygen atoms in total. The summed E-state index contributed by atoms with van der Waals surface area (Å²) >= 11 is 0. The Labute approximate surface area is 118 Å². The number of hydrogen-bond acceptors (Lipinski definition) is 2. The number of likely N-dealkylation sites (N-methyl/N-ethyl adjacent to an activating group) is 2. The lowest BCUT2D eigenvalue weighted by Gasteiger charge is -2.41. The topological polar surface area (TPSA) is 15.3 Å². The highest BCUT2D eigenvalue weighted by atomic mass is 15.2. The van der Waals surface area contributed by atoms with Crippen molar-refractivity contribution < 1.29 is 0 Å². The molecular formula is C17H28N2. The number of hydrogen-bond donors (Lipinski definition) is 1. The van der Waals surface area contributed by atoms with Gasteiger partial charge in [0.05, 0.1) is 0 Å². The summed E-state index contributed by atoms with van der Waals surface area (Å²) in [5.41, 5.74) is 3.28. The zero-order chi connectivity index (χ0) is 14.2. The van der Waals surface area contributed by atoms with E-state index >= 15 is 0 Å². The van der Waals surface area contributed by atoms with E-state index in [-0.39, 0.29) is 0 Å². The van der Waals surface area contributed by atoms with Gasteiger partial charge in [-0.2, -0.15) is 0 Å². The van der Waals surface area contributed by atoms with E-state index in [9.17, 15) is 0 Å². The number of benzene rings is 1. The van der Waals surface area contributed by atoms with Crippen LogP contribution in [0.15, 0.2) is 24.3 Å². The Morgan fingerprint density at radius 2 is 1.89 bits per heavy atom. The van der Waals surface area contributed by atoms with E-state index in [0.717, 1.165) is 6.42 Å². The Hall–Kier alpha value is -0.860. The molecule has 0 bridgehead atoms. The molecule has 0 radical (unpaired) electrons. The lowest BCUT2D eigenvalue weighted by atomic mass is 9.86. The van der Waals surface area contributed by atoms with E-state index in [1.54, 1.807) is 0 Å². The summed E-state index contributed by atoms with van der Waals surface area (Å²) in [7, 11) is 4.35. The van der Waals surface area contributed by atoms with Crippen molar-refractivity contribution in [2.24, 2.45) is 5.41 Å². The van der Waals surface area contributed by atoms with Crippen LogP contribution in [0.2, 0.25) is 0 Å². The van der Waals surface area contributed by atoms with Gasteiger partial charge in [0, 0.05) is 18.1 Å². The number of nitrogens with one attached hydrogen (secondary N) is 1. The van der Waals surface area contributed by atoms with Gasteiger partial charge < -0.3 is 5.32 Å². The van der Waals surface area contributed by atoms with Gasteiger partial charge in [0.2, 0.25) is 0 Å². The molecule has 1 aromatic carbocycles. The molecule has 1 aromatic rings. The quantitative estimate of drug-likeness (QED) is 0.897. The van der Waals surface area contributed by atoms with Crippen molar-refractivity contribution in [2.45, 2.75) is 52.2 Å². The van der Waals surface area contributed by atoms with Crippen LogP contribution >= 0.6 is 0 Å². The highest BCUT2D eigenvalue weighted by Gasteiger charge is 2.37. The monoisotopic (exact) mass is 260 g/mol. The fourth-order valence-electron chi connectivity index (χ4n) is 3.20. The van der Waals surface area contributed by atoms with Gasteiger partial charge in [-0.3, -0.25) is 4.90 Å². The van der Waals surface area contributed by atoms with Gasteiger partial charge >= 0.3 is 0 Å². The van der Waals surface area contributed by atoms with Crippen LogP contribution < -0.4 is 5.32 Å². The van der Waals surface area contributed by atoms with Crippen LogP contribution in [-0.2, 0) is 6.42 Å². The molecule has 0 saturated carbocycles. The normalized spacial score (nSPS) is 24.6. The standard InChI is InChI=1S/C17H28N2/c1-12(17(2,3)4)19(6)15-11-13-9-7-8-10-14(13)16(15)18-5/h7-10,12,15-16,18H,11H2,1-6H3. The zero-order valence-corrected chi connectivity index (χ0v) is 13.2. The predicted octanol–water partition coefficient (Wildman–Crippen LogP) is 3.24. The fourth-order valence-corrected chi connectivity index (χ4v) is 3.20. The molecule has 2 rings (SSSR count). The summed E-state index contributed by atoms with van der Waals surface area (Å²) in [4.78, 5) is 2.56. The van der Waals surface area contributed by atoms with Crippen molar-refractivity contribution >= 4 is 0 Å². The van der Waals surface area contributed by atoms with E-state index in [4.69, 9.17) is 0 Å². The van der Waals surface area contributed by atoms with E-state index in [2.05, 4.69) is 76.3 Å². The van der Waals surface area contributed by atoms with Crippen molar-refractivity contribution in [1.29, 1.82) is 0 Å². The molecule has 3 atom stereocenters. The Bertz CT molecular complexity index is 433. The van der Waals surface area contributed by atoms with Crippen LogP contribution in [0.4, 0.5) is 0 Å². The Morgan fingerprint density at radius 3 is 2.47 bits per heavy atom. The number of nitrogens with zero attached hydrogens (tertiary/aromatic N) is 1. The average Bonchev–Trinajstić information content (AvgIpc) is 2.74. The first-order chi connectivity index (χ1) is 8.86. The van der Waals surface area contributed by atoms with Crippen LogP contribution in [-0.4, -0.2) is 31.1 Å². The second-order valence-corrected chi connectivity index (χ2v) is 6.94. The molecule has 0 aromatic heterocycles. The molecule has 0 heterocycles. The fraction of sp³-hybridized carbons (Fsp3) is 0.647. The molecule has 1 N–H and O–H groups in total. The first kappa shape index (κ1) is 14.5. The molecule has 0 spiro atoms. The molecule has 2 heteroatoms. The van der Waals surface area contributed by atoms with Crippen LogP contribution in [0.3, 0.4) is 0 Å². The van der Waals surface area contributed by atoms with Gasteiger partial charge in [0.15, 0.2) is 0 Å². The van der Waals surface area contributed by atoms with E-state index < -0.39 is 0 Å². The molecule has 1 aliphatic rings. The summed E-state index contributed by atoms with van der Waals surface area (Å²) in [6.07, 6.45) is 1.15. The SMILES string of the molecule is CNC1c2ccccc2CC1N(C)C(C)C(C)(C)C. The molecular weight excluding hydrogens is 232 g/mol. The predicted molar refractivity (Wildman–Crippen MR) is 82.4 cm³/mol. The lowest BCUT2D eigenvalue weighted by Crippen LogP contribution is -2.49. The van der Waals surface area contributed by atoms with Crippen molar-refractivity contribution in [3.63, 3.8) is 0 Å².